The molecular formula is C23H31N3O3. The van der Waals surface area contributed by atoms with Crippen LogP contribution in [0.2, 0.25) is 0 Å². The second-order valence-corrected chi connectivity index (χ2v) is 8.31. The highest BCUT2D eigenvalue weighted by Crippen LogP contribution is 2.37. The van der Waals surface area contributed by atoms with Crippen LogP contribution >= 0.6 is 0 Å². The minimum atomic E-state index is 0.115. The molecule has 0 spiro atoms. The summed E-state index contributed by atoms with van der Waals surface area (Å²) in [5.74, 6) is 1.90. The van der Waals surface area contributed by atoms with Gasteiger partial charge in [-0.2, -0.15) is 5.10 Å². The first-order valence-corrected chi connectivity index (χ1v) is 10.7. The SMILES string of the molecule is Cc1nn(C)c(C)c1CN(Cc1cccc2c1OCO2)C(=O)C1CCCCCC1. The van der Waals surface area contributed by atoms with Crippen LogP contribution in [0.3, 0.4) is 0 Å². The highest BCUT2D eigenvalue weighted by atomic mass is 16.7. The highest BCUT2D eigenvalue weighted by molar-refractivity contribution is 5.79. The molecule has 0 N–H and O–H groups in total. The van der Waals surface area contributed by atoms with Crippen LogP contribution in [0.4, 0.5) is 0 Å². The van der Waals surface area contributed by atoms with Gasteiger partial charge in [0.15, 0.2) is 11.5 Å². The van der Waals surface area contributed by atoms with Crippen molar-refractivity contribution in [2.45, 2.75) is 65.5 Å². The van der Waals surface area contributed by atoms with E-state index in [1.807, 2.05) is 41.8 Å². The van der Waals surface area contributed by atoms with E-state index >= 15 is 0 Å². The molecule has 1 aromatic heterocycles. The van der Waals surface area contributed by atoms with E-state index in [0.29, 0.717) is 13.1 Å². The summed E-state index contributed by atoms with van der Waals surface area (Å²) >= 11 is 0. The molecule has 2 aliphatic rings. The Morgan fingerprint density at radius 1 is 1.14 bits per heavy atom. The molecule has 0 unspecified atom stereocenters. The Morgan fingerprint density at radius 2 is 1.90 bits per heavy atom. The van der Waals surface area contributed by atoms with Gasteiger partial charge >= 0.3 is 0 Å². The van der Waals surface area contributed by atoms with Gasteiger partial charge in [0.25, 0.3) is 0 Å². The second kappa shape index (κ2) is 8.47. The highest BCUT2D eigenvalue weighted by Gasteiger charge is 2.28. The van der Waals surface area contributed by atoms with Gasteiger partial charge < -0.3 is 14.4 Å². The maximum atomic E-state index is 13.6. The van der Waals surface area contributed by atoms with Crippen LogP contribution in [0.5, 0.6) is 11.5 Å². The average Bonchev–Trinajstić information content (AvgIpc) is 3.15. The Morgan fingerprint density at radius 3 is 2.59 bits per heavy atom. The molecule has 2 heterocycles. The normalized spacial score (nSPS) is 16.7. The Labute approximate surface area is 172 Å². The maximum Gasteiger partial charge on any atom is 0.231 e. The van der Waals surface area contributed by atoms with Crippen molar-refractivity contribution in [3.63, 3.8) is 0 Å². The molecule has 1 amide bonds. The van der Waals surface area contributed by atoms with Crippen molar-refractivity contribution >= 4 is 5.91 Å². The summed E-state index contributed by atoms with van der Waals surface area (Å²) < 4.78 is 13.1. The third-order valence-electron chi connectivity index (χ3n) is 6.36. The molecule has 1 aliphatic heterocycles. The van der Waals surface area contributed by atoms with Crippen LogP contribution in [0.15, 0.2) is 18.2 Å². The number of para-hydroxylation sites is 1. The summed E-state index contributed by atoms with van der Waals surface area (Å²) in [5.41, 5.74) is 4.24. The smallest absolute Gasteiger partial charge is 0.231 e. The molecule has 2 aromatic rings. The number of ether oxygens (including phenoxy) is 2. The van der Waals surface area contributed by atoms with Crippen molar-refractivity contribution in [3.05, 3.63) is 40.7 Å². The Hall–Kier alpha value is -2.50. The van der Waals surface area contributed by atoms with E-state index in [4.69, 9.17) is 9.47 Å². The maximum absolute atomic E-state index is 13.6. The van der Waals surface area contributed by atoms with Gasteiger partial charge in [-0.1, -0.05) is 37.8 Å². The van der Waals surface area contributed by atoms with Gasteiger partial charge in [-0.3, -0.25) is 9.48 Å². The molecule has 0 atom stereocenters. The van der Waals surface area contributed by atoms with E-state index in [9.17, 15) is 4.79 Å². The first-order chi connectivity index (χ1) is 14.0. The fourth-order valence-electron chi connectivity index (χ4n) is 4.55. The number of hydrogen-bond donors (Lipinski definition) is 0. The first kappa shape index (κ1) is 19.8. The van der Waals surface area contributed by atoms with Crippen molar-refractivity contribution in [1.82, 2.24) is 14.7 Å². The molecule has 1 fully saturated rings. The molecule has 4 rings (SSSR count). The summed E-state index contributed by atoms with van der Waals surface area (Å²) in [6.45, 7) is 5.43. The zero-order valence-electron chi connectivity index (χ0n) is 17.7. The van der Waals surface area contributed by atoms with Crippen LogP contribution in [0.1, 0.15) is 61.0 Å². The Balaban J connectivity index is 1.63. The van der Waals surface area contributed by atoms with Gasteiger partial charge in [-0.15, -0.1) is 0 Å². The summed E-state index contributed by atoms with van der Waals surface area (Å²) in [6, 6.07) is 5.92. The number of benzene rings is 1. The van der Waals surface area contributed by atoms with Crippen molar-refractivity contribution in [1.29, 1.82) is 0 Å². The third-order valence-corrected chi connectivity index (χ3v) is 6.36. The van der Waals surface area contributed by atoms with E-state index in [0.717, 1.165) is 59.7 Å². The van der Waals surface area contributed by atoms with Gasteiger partial charge in [0.1, 0.15) is 0 Å². The van der Waals surface area contributed by atoms with E-state index in [1.54, 1.807) is 0 Å². The number of nitrogens with zero attached hydrogens (tertiary/aromatic N) is 3. The van der Waals surface area contributed by atoms with E-state index in [1.165, 1.54) is 12.8 Å². The van der Waals surface area contributed by atoms with Gasteiger partial charge in [0, 0.05) is 42.9 Å². The third kappa shape index (κ3) is 4.11. The zero-order chi connectivity index (χ0) is 20.4. The molecule has 0 radical (unpaired) electrons. The number of amides is 1. The zero-order valence-corrected chi connectivity index (χ0v) is 17.7. The van der Waals surface area contributed by atoms with E-state index < -0.39 is 0 Å². The molecule has 6 heteroatoms. The fraction of sp³-hybridized carbons (Fsp3) is 0.565. The summed E-state index contributed by atoms with van der Waals surface area (Å²) in [6.07, 6.45) is 6.75. The van der Waals surface area contributed by atoms with Crippen LogP contribution in [-0.4, -0.2) is 27.4 Å². The lowest BCUT2D eigenvalue weighted by molar-refractivity contribution is -0.137. The molecule has 1 aromatic carbocycles. The Kier molecular flexibility index (Phi) is 5.79. The number of aryl methyl sites for hydroxylation is 2. The summed E-state index contributed by atoms with van der Waals surface area (Å²) in [4.78, 5) is 15.6. The topological polar surface area (TPSA) is 56.6 Å². The lowest BCUT2D eigenvalue weighted by Gasteiger charge is -2.28. The summed E-state index contributed by atoms with van der Waals surface area (Å²) in [5, 5.41) is 4.55. The minimum absolute atomic E-state index is 0.115. The monoisotopic (exact) mass is 397 g/mol. The molecule has 29 heavy (non-hydrogen) atoms. The van der Waals surface area contributed by atoms with Crippen molar-refractivity contribution < 1.29 is 14.3 Å². The largest absolute Gasteiger partial charge is 0.454 e. The predicted octanol–water partition coefficient (Wildman–Crippen LogP) is 4.26. The van der Waals surface area contributed by atoms with Crippen LogP contribution < -0.4 is 9.47 Å². The fourth-order valence-corrected chi connectivity index (χ4v) is 4.55. The molecular weight excluding hydrogens is 366 g/mol. The van der Waals surface area contributed by atoms with Crippen LogP contribution in [0.25, 0.3) is 0 Å². The van der Waals surface area contributed by atoms with E-state index in [2.05, 4.69) is 12.0 Å². The number of carbonyl (C=O) groups is 1. The van der Waals surface area contributed by atoms with Gasteiger partial charge in [-0.05, 0) is 32.8 Å². The number of aromatic nitrogens is 2. The lowest BCUT2D eigenvalue weighted by atomic mass is 9.97. The van der Waals surface area contributed by atoms with Crippen molar-refractivity contribution in [3.8, 4) is 11.5 Å². The average molecular weight is 398 g/mol. The van der Waals surface area contributed by atoms with Crippen LogP contribution in [-0.2, 0) is 24.9 Å². The van der Waals surface area contributed by atoms with Gasteiger partial charge in [0.05, 0.1) is 5.69 Å². The molecule has 1 aliphatic carbocycles. The molecule has 156 valence electrons. The number of fused-ring (bicyclic) bond motifs is 1. The number of carbonyl (C=O) groups excluding carboxylic acids is 1. The second-order valence-electron chi connectivity index (χ2n) is 8.31. The summed E-state index contributed by atoms with van der Waals surface area (Å²) in [7, 11) is 1.96. The standard InChI is InChI=1S/C23H31N3O3/c1-16-20(17(2)25(3)24-16)14-26(23(27)18-9-6-4-5-7-10-18)13-19-11-8-12-21-22(19)29-15-28-21/h8,11-12,18H,4-7,9-10,13-15H2,1-3H3. The first-order valence-electron chi connectivity index (χ1n) is 10.7. The molecule has 0 saturated heterocycles. The van der Waals surface area contributed by atoms with Gasteiger partial charge in [-0.25, -0.2) is 0 Å². The lowest BCUT2D eigenvalue weighted by Crippen LogP contribution is -2.35. The Bertz CT molecular complexity index is 882. The van der Waals surface area contributed by atoms with Gasteiger partial charge in [0.2, 0.25) is 12.7 Å². The quantitative estimate of drug-likeness (QED) is 0.707. The van der Waals surface area contributed by atoms with Crippen molar-refractivity contribution in [2.24, 2.45) is 13.0 Å². The van der Waals surface area contributed by atoms with Crippen molar-refractivity contribution in [2.75, 3.05) is 6.79 Å². The number of hydrogen-bond acceptors (Lipinski definition) is 4. The molecule has 1 saturated carbocycles. The predicted molar refractivity (Wildman–Crippen MR) is 111 cm³/mol. The van der Waals surface area contributed by atoms with Crippen LogP contribution in [0, 0.1) is 19.8 Å². The molecule has 0 bridgehead atoms. The molecule has 6 nitrogen and oxygen atoms in total. The minimum Gasteiger partial charge on any atom is -0.454 e. The number of rotatable bonds is 5. The van der Waals surface area contributed by atoms with E-state index in [-0.39, 0.29) is 18.6 Å².